The van der Waals surface area contributed by atoms with Gasteiger partial charge in [0.15, 0.2) is 0 Å². The van der Waals surface area contributed by atoms with Crippen LogP contribution in [0.3, 0.4) is 0 Å². The van der Waals surface area contributed by atoms with Crippen molar-refractivity contribution in [2.75, 3.05) is 0 Å². The van der Waals surface area contributed by atoms with Crippen LogP contribution < -0.4 is 5.32 Å². The first-order valence-electron chi connectivity index (χ1n) is 16.5. The second-order valence-corrected chi connectivity index (χ2v) is 13.6. The quantitative estimate of drug-likeness (QED) is 0.313. The Morgan fingerprint density at radius 1 is 1.05 bits per heavy atom. The summed E-state index contributed by atoms with van der Waals surface area (Å²) < 4.78 is 0. The van der Waals surface area contributed by atoms with E-state index in [0.29, 0.717) is 5.92 Å². The largest absolute Gasteiger partial charge is 0.379 e. The van der Waals surface area contributed by atoms with Crippen LogP contribution >= 0.6 is 0 Å². The van der Waals surface area contributed by atoms with Crippen molar-refractivity contribution in [3.8, 4) is 11.1 Å². The Morgan fingerprint density at radius 2 is 1.84 bits per heavy atom. The zero-order chi connectivity index (χ0) is 30.5. The molecule has 222 valence electrons. The molecule has 1 N–H and O–H groups in total. The molecule has 2 aromatic rings. The maximum atomic E-state index is 4.10. The van der Waals surface area contributed by atoms with E-state index in [1.165, 1.54) is 61.4 Å². The SMILES string of the molecule is CC=C/C(=C(/C)C(CC)NC1=C(CC)CC2C(=C1)C1=C(CC=C1)C2(C)C)c1cccc(-c2c(C)ccc3c2CC=C3)c1C. The number of hydrogen-bond donors (Lipinski definition) is 1. The Morgan fingerprint density at radius 3 is 2.58 bits per heavy atom. The second-order valence-electron chi connectivity index (χ2n) is 13.6. The molecule has 0 fully saturated rings. The fourth-order valence-electron chi connectivity index (χ4n) is 8.33. The van der Waals surface area contributed by atoms with E-state index in [9.17, 15) is 0 Å². The van der Waals surface area contributed by atoms with Gasteiger partial charge in [0.1, 0.15) is 0 Å². The number of fused-ring (bicyclic) bond motifs is 3. The summed E-state index contributed by atoms with van der Waals surface area (Å²) in [5.41, 5.74) is 20.3. The summed E-state index contributed by atoms with van der Waals surface area (Å²) in [6.45, 7) is 18.7. The molecular weight excluding hydrogens is 518 g/mol. The van der Waals surface area contributed by atoms with Gasteiger partial charge in [-0.2, -0.15) is 0 Å². The minimum Gasteiger partial charge on any atom is -0.379 e. The zero-order valence-electron chi connectivity index (χ0n) is 27.6. The third-order valence-corrected chi connectivity index (χ3v) is 10.9. The lowest BCUT2D eigenvalue weighted by atomic mass is 9.70. The lowest BCUT2D eigenvalue weighted by molar-refractivity contribution is 0.316. The van der Waals surface area contributed by atoms with Crippen LogP contribution in [0.4, 0.5) is 0 Å². The third kappa shape index (κ3) is 4.86. The zero-order valence-corrected chi connectivity index (χ0v) is 27.6. The summed E-state index contributed by atoms with van der Waals surface area (Å²) in [5.74, 6) is 0.599. The van der Waals surface area contributed by atoms with Crippen molar-refractivity contribution in [3.63, 3.8) is 0 Å². The highest BCUT2D eigenvalue weighted by Crippen LogP contribution is 2.58. The first-order valence-corrected chi connectivity index (χ1v) is 16.5. The van der Waals surface area contributed by atoms with Gasteiger partial charge in [-0.25, -0.2) is 0 Å². The second kappa shape index (κ2) is 11.5. The molecule has 2 atom stereocenters. The fraction of sp³-hybridized carbons (Fsp3) is 0.381. The van der Waals surface area contributed by atoms with Crippen molar-refractivity contribution >= 4 is 11.6 Å². The van der Waals surface area contributed by atoms with E-state index < -0.39 is 0 Å². The number of aryl methyl sites for hydroxylation is 1. The molecule has 0 saturated carbocycles. The summed E-state index contributed by atoms with van der Waals surface area (Å²) in [6, 6.07) is 11.7. The van der Waals surface area contributed by atoms with Gasteiger partial charge in [0.05, 0.1) is 0 Å². The molecule has 2 aromatic carbocycles. The first-order chi connectivity index (χ1) is 20.7. The molecule has 0 aliphatic heterocycles. The van der Waals surface area contributed by atoms with Gasteiger partial charge < -0.3 is 5.32 Å². The van der Waals surface area contributed by atoms with Crippen molar-refractivity contribution in [1.82, 2.24) is 5.32 Å². The van der Waals surface area contributed by atoms with E-state index in [-0.39, 0.29) is 11.5 Å². The normalized spacial score (nSPS) is 21.3. The van der Waals surface area contributed by atoms with Gasteiger partial charge >= 0.3 is 0 Å². The number of rotatable bonds is 8. The number of benzene rings is 2. The van der Waals surface area contributed by atoms with Gasteiger partial charge in [0.25, 0.3) is 0 Å². The molecule has 4 aliphatic rings. The number of hydrogen-bond acceptors (Lipinski definition) is 1. The topological polar surface area (TPSA) is 12.0 Å². The van der Waals surface area contributed by atoms with Crippen LogP contribution in [-0.4, -0.2) is 6.04 Å². The van der Waals surface area contributed by atoms with Crippen LogP contribution in [-0.2, 0) is 6.42 Å². The van der Waals surface area contributed by atoms with Crippen LogP contribution in [0.15, 0.2) is 100 Å². The average Bonchev–Trinajstić information content (AvgIpc) is 3.73. The molecule has 1 heteroatoms. The average molecular weight is 568 g/mol. The van der Waals surface area contributed by atoms with Crippen molar-refractivity contribution in [3.05, 3.63) is 128 Å². The van der Waals surface area contributed by atoms with Crippen molar-refractivity contribution in [2.45, 2.75) is 93.5 Å². The molecule has 0 spiro atoms. The molecule has 6 rings (SSSR count). The lowest BCUT2D eigenvalue weighted by Gasteiger charge is -2.36. The molecule has 0 saturated heterocycles. The highest BCUT2D eigenvalue weighted by molar-refractivity contribution is 5.86. The van der Waals surface area contributed by atoms with Gasteiger partial charge in [-0.1, -0.05) is 100 Å². The highest BCUT2D eigenvalue weighted by Gasteiger charge is 2.46. The number of allylic oxidation sites excluding steroid dienone is 11. The van der Waals surface area contributed by atoms with Gasteiger partial charge in [-0.15, -0.1) is 0 Å². The molecule has 43 heavy (non-hydrogen) atoms. The maximum Gasteiger partial charge on any atom is 0.0477 e. The molecule has 0 aromatic heterocycles. The van der Waals surface area contributed by atoms with E-state index >= 15 is 0 Å². The van der Waals surface area contributed by atoms with E-state index in [1.54, 1.807) is 16.7 Å². The minimum absolute atomic E-state index is 0.242. The Bertz CT molecular complexity index is 1690. The first kappa shape index (κ1) is 29.5. The Kier molecular flexibility index (Phi) is 7.88. The Balaban J connectivity index is 1.40. The molecule has 0 amide bonds. The van der Waals surface area contributed by atoms with E-state index in [4.69, 9.17) is 0 Å². The molecule has 0 radical (unpaired) electrons. The van der Waals surface area contributed by atoms with Crippen molar-refractivity contribution in [2.24, 2.45) is 11.3 Å². The summed E-state index contributed by atoms with van der Waals surface area (Å²) in [7, 11) is 0. The summed E-state index contributed by atoms with van der Waals surface area (Å²) in [5, 5.41) is 4.10. The van der Waals surface area contributed by atoms with Crippen molar-refractivity contribution in [1.29, 1.82) is 0 Å². The number of nitrogens with one attached hydrogen (secondary N) is 1. The van der Waals surface area contributed by atoms with Gasteiger partial charge in [-0.05, 0) is 144 Å². The minimum atomic E-state index is 0.242. The third-order valence-electron chi connectivity index (χ3n) is 10.9. The summed E-state index contributed by atoms with van der Waals surface area (Å²) in [6.07, 6.45) is 21.8. The van der Waals surface area contributed by atoms with Crippen LogP contribution in [0.5, 0.6) is 0 Å². The van der Waals surface area contributed by atoms with Crippen molar-refractivity contribution < 1.29 is 0 Å². The van der Waals surface area contributed by atoms with Crippen LogP contribution in [0.2, 0.25) is 0 Å². The maximum absolute atomic E-state index is 4.10. The fourth-order valence-corrected chi connectivity index (χ4v) is 8.33. The van der Waals surface area contributed by atoms with Gasteiger partial charge in [-0.3, -0.25) is 0 Å². The highest BCUT2D eigenvalue weighted by atomic mass is 14.9. The van der Waals surface area contributed by atoms with E-state index in [2.05, 4.69) is 134 Å². The monoisotopic (exact) mass is 567 g/mol. The van der Waals surface area contributed by atoms with Crippen LogP contribution in [0.1, 0.15) is 95.0 Å². The molecule has 2 unspecified atom stereocenters. The van der Waals surface area contributed by atoms with Crippen LogP contribution in [0.25, 0.3) is 22.8 Å². The molecule has 0 bridgehead atoms. The van der Waals surface area contributed by atoms with Gasteiger partial charge in [0, 0.05) is 11.7 Å². The predicted octanol–water partition coefficient (Wildman–Crippen LogP) is 11.2. The summed E-state index contributed by atoms with van der Waals surface area (Å²) in [4.78, 5) is 0. The smallest absolute Gasteiger partial charge is 0.0477 e. The molecular formula is C42H49N. The Hall–Kier alpha value is -3.58. The summed E-state index contributed by atoms with van der Waals surface area (Å²) >= 11 is 0. The molecule has 0 heterocycles. The Labute approximate surface area is 260 Å². The predicted molar refractivity (Wildman–Crippen MR) is 187 cm³/mol. The molecule has 1 nitrogen and oxygen atoms in total. The van der Waals surface area contributed by atoms with E-state index in [1.807, 2.05) is 0 Å². The standard InChI is InChI=1S/C42H49N/c1-9-15-31(32-17-13-18-33(27(32)5)41-26(4)22-23-30-16-12-19-34(30)41)28(6)39(11-3)43-40-25-36-35-20-14-21-37(35)42(7,8)38(36)24-29(40)10-2/h9,12-18,20,22-23,25,38-39,43H,10-11,19,21,24H2,1-8H3/b15-9?,31-28+. The van der Waals surface area contributed by atoms with Crippen LogP contribution in [0, 0.1) is 25.2 Å². The molecule has 4 aliphatic carbocycles. The van der Waals surface area contributed by atoms with Gasteiger partial charge in [0.2, 0.25) is 0 Å². The van der Waals surface area contributed by atoms with E-state index in [0.717, 1.165) is 32.1 Å². The lowest BCUT2D eigenvalue weighted by Crippen LogP contribution is -2.33.